The summed E-state index contributed by atoms with van der Waals surface area (Å²) < 4.78 is 3.56. The van der Waals surface area contributed by atoms with E-state index in [2.05, 4.69) is 15.3 Å². The number of amides is 1. The molecule has 108 valence electrons. The van der Waals surface area contributed by atoms with Gasteiger partial charge in [0.2, 0.25) is 0 Å². The summed E-state index contributed by atoms with van der Waals surface area (Å²) in [4.78, 5) is 20.9. The number of aromatic nitrogens is 2. The first-order valence-corrected chi connectivity index (χ1v) is 8.25. The van der Waals surface area contributed by atoms with E-state index in [9.17, 15) is 4.79 Å². The SMILES string of the molecule is CSc1nc2c(s1)c(C=N)c(C(=O)NCC1=NC=C1)n2C. The van der Waals surface area contributed by atoms with E-state index in [1.165, 1.54) is 17.6 Å². The molecule has 0 aromatic carbocycles. The molecule has 1 aliphatic rings. The molecular weight excluding hydrogens is 306 g/mol. The van der Waals surface area contributed by atoms with Crippen LogP contribution in [-0.2, 0) is 7.05 Å². The van der Waals surface area contributed by atoms with Gasteiger partial charge in [-0.1, -0.05) is 11.8 Å². The third kappa shape index (κ3) is 2.30. The molecule has 0 unspecified atom stereocenters. The summed E-state index contributed by atoms with van der Waals surface area (Å²) in [5, 5.41) is 10.4. The fourth-order valence-corrected chi connectivity index (χ4v) is 3.73. The summed E-state index contributed by atoms with van der Waals surface area (Å²) in [6.45, 7) is 0.398. The van der Waals surface area contributed by atoms with Crippen molar-refractivity contribution in [3.8, 4) is 0 Å². The van der Waals surface area contributed by atoms with Gasteiger partial charge in [0.25, 0.3) is 5.91 Å². The second kappa shape index (κ2) is 5.45. The van der Waals surface area contributed by atoms with Crippen LogP contribution in [0.1, 0.15) is 16.1 Å². The van der Waals surface area contributed by atoms with Crippen LogP contribution in [0.5, 0.6) is 0 Å². The third-order valence-electron chi connectivity index (χ3n) is 3.21. The molecule has 3 rings (SSSR count). The van der Waals surface area contributed by atoms with Crippen LogP contribution in [0.4, 0.5) is 0 Å². The van der Waals surface area contributed by atoms with Gasteiger partial charge in [0.05, 0.1) is 17.0 Å². The lowest BCUT2D eigenvalue weighted by atomic mass is 10.2. The number of nitrogens with zero attached hydrogens (tertiary/aromatic N) is 3. The average molecular weight is 319 g/mol. The molecule has 21 heavy (non-hydrogen) atoms. The maximum absolute atomic E-state index is 12.4. The molecular formula is C13H13N5OS2. The van der Waals surface area contributed by atoms with Crippen LogP contribution in [0, 0.1) is 5.41 Å². The standard InChI is InChI=1S/C13H13N5OS2/c1-18-9(12(19)16-6-7-3-4-15-7)8(5-14)10-11(18)17-13(20-2)21-10/h3-5,14H,6H2,1-2H3,(H,16,19). The van der Waals surface area contributed by atoms with Gasteiger partial charge in [-0.2, -0.15) is 0 Å². The van der Waals surface area contributed by atoms with E-state index in [0.29, 0.717) is 17.8 Å². The highest BCUT2D eigenvalue weighted by atomic mass is 32.2. The summed E-state index contributed by atoms with van der Waals surface area (Å²) in [7, 11) is 1.80. The van der Waals surface area contributed by atoms with Crippen molar-refractivity contribution in [1.29, 1.82) is 5.41 Å². The van der Waals surface area contributed by atoms with Gasteiger partial charge < -0.3 is 15.3 Å². The molecule has 3 heterocycles. The lowest BCUT2D eigenvalue weighted by molar-refractivity contribution is 0.0951. The van der Waals surface area contributed by atoms with Gasteiger partial charge in [0, 0.05) is 25.0 Å². The zero-order valence-electron chi connectivity index (χ0n) is 11.5. The molecule has 8 heteroatoms. The predicted octanol–water partition coefficient (Wildman–Crippen LogP) is 2.05. The van der Waals surface area contributed by atoms with E-state index in [1.807, 2.05) is 12.3 Å². The number of nitrogens with one attached hydrogen (secondary N) is 2. The van der Waals surface area contributed by atoms with Crippen molar-refractivity contribution in [2.45, 2.75) is 4.34 Å². The number of rotatable bonds is 5. The lowest BCUT2D eigenvalue weighted by Crippen LogP contribution is -2.31. The van der Waals surface area contributed by atoms with Crippen molar-refractivity contribution in [2.75, 3.05) is 12.8 Å². The molecule has 1 amide bonds. The van der Waals surface area contributed by atoms with E-state index in [4.69, 9.17) is 5.41 Å². The van der Waals surface area contributed by atoms with Crippen molar-refractivity contribution in [3.05, 3.63) is 23.5 Å². The van der Waals surface area contributed by atoms with E-state index >= 15 is 0 Å². The third-order valence-corrected chi connectivity index (χ3v) is 5.28. The Morgan fingerprint density at radius 2 is 2.38 bits per heavy atom. The number of aliphatic imine (C=N–C) groups is 1. The fraction of sp³-hybridized carbons (Fsp3) is 0.231. The Bertz CT molecular complexity index is 799. The highest BCUT2D eigenvalue weighted by Gasteiger charge is 2.23. The van der Waals surface area contributed by atoms with Crippen LogP contribution < -0.4 is 5.32 Å². The average Bonchev–Trinajstić information content (AvgIpc) is 2.95. The highest BCUT2D eigenvalue weighted by molar-refractivity contribution is 8.00. The Morgan fingerprint density at radius 1 is 1.62 bits per heavy atom. The topological polar surface area (TPSA) is 83.1 Å². The van der Waals surface area contributed by atoms with Crippen LogP contribution in [-0.4, -0.2) is 40.2 Å². The minimum Gasteiger partial charge on any atom is -0.345 e. The van der Waals surface area contributed by atoms with Gasteiger partial charge in [-0.3, -0.25) is 9.79 Å². The Labute approximate surface area is 129 Å². The second-order valence-electron chi connectivity index (χ2n) is 4.42. The molecule has 0 radical (unpaired) electrons. The van der Waals surface area contributed by atoms with Gasteiger partial charge in [0.15, 0.2) is 9.99 Å². The van der Waals surface area contributed by atoms with Gasteiger partial charge >= 0.3 is 0 Å². The molecule has 2 N–H and O–H groups in total. The minimum absolute atomic E-state index is 0.213. The predicted molar refractivity (Wildman–Crippen MR) is 87.2 cm³/mol. The smallest absolute Gasteiger partial charge is 0.269 e. The van der Waals surface area contributed by atoms with Gasteiger partial charge in [-0.15, -0.1) is 11.3 Å². The molecule has 0 aliphatic carbocycles. The Hall–Kier alpha value is -1.93. The summed E-state index contributed by atoms with van der Waals surface area (Å²) in [5.41, 5.74) is 2.68. The highest BCUT2D eigenvalue weighted by Crippen LogP contribution is 2.33. The summed E-state index contributed by atoms with van der Waals surface area (Å²) in [5.74, 6) is -0.213. The molecule has 2 aromatic rings. The molecule has 0 saturated heterocycles. The van der Waals surface area contributed by atoms with E-state index in [1.54, 1.807) is 29.6 Å². The first-order valence-electron chi connectivity index (χ1n) is 6.20. The van der Waals surface area contributed by atoms with Gasteiger partial charge in [-0.25, -0.2) is 4.98 Å². The first-order chi connectivity index (χ1) is 10.2. The van der Waals surface area contributed by atoms with E-state index < -0.39 is 0 Å². The second-order valence-corrected chi connectivity index (χ2v) is 6.47. The largest absolute Gasteiger partial charge is 0.345 e. The molecule has 0 bridgehead atoms. The normalized spacial score (nSPS) is 13.1. The van der Waals surface area contributed by atoms with Crippen molar-refractivity contribution in [3.63, 3.8) is 0 Å². The molecule has 6 nitrogen and oxygen atoms in total. The van der Waals surface area contributed by atoms with Crippen molar-refractivity contribution >= 4 is 51.3 Å². The van der Waals surface area contributed by atoms with Crippen LogP contribution in [0.2, 0.25) is 0 Å². The molecule has 0 atom stereocenters. The zero-order valence-corrected chi connectivity index (χ0v) is 13.1. The number of fused-ring (bicyclic) bond motifs is 1. The Balaban J connectivity index is 1.96. The number of thioether (sulfide) groups is 1. The molecule has 0 fully saturated rings. The summed E-state index contributed by atoms with van der Waals surface area (Å²) in [6, 6.07) is 0. The molecule has 0 spiro atoms. The number of aryl methyl sites for hydroxylation is 1. The first kappa shape index (κ1) is 14.0. The molecule has 2 aromatic heterocycles. The number of hydrogen-bond donors (Lipinski definition) is 2. The van der Waals surface area contributed by atoms with Crippen LogP contribution in [0.15, 0.2) is 21.6 Å². The minimum atomic E-state index is -0.213. The number of thiazole rings is 1. The number of hydrogen-bond acceptors (Lipinski definition) is 6. The van der Waals surface area contributed by atoms with Crippen LogP contribution in [0.3, 0.4) is 0 Å². The van der Waals surface area contributed by atoms with Crippen LogP contribution >= 0.6 is 23.1 Å². The molecule has 1 aliphatic heterocycles. The van der Waals surface area contributed by atoms with Gasteiger partial charge in [-0.05, 0) is 12.3 Å². The fourth-order valence-electron chi connectivity index (χ4n) is 2.12. The summed E-state index contributed by atoms with van der Waals surface area (Å²) in [6.07, 6.45) is 6.73. The van der Waals surface area contributed by atoms with E-state index in [0.717, 1.165) is 20.4 Å². The Kier molecular flexibility index (Phi) is 3.64. The maximum Gasteiger partial charge on any atom is 0.269 e. The lowest BCUT2D eigenvalue weighted by Gasteiger charge is -2.09. The number of carbonyl (C=O) groups is 1. The van der Waals surface area contributed by atoms with E-state index in [-0.39, 0.29) is 5.91 Å². The molecule has 0 saturated carbocycles. The Morgan fingerprint density at radius 3 is 2.95 bits per heavy atom. The van der Waals surface area contributed by atoms with Gasteiger partial charge in [0.1, 0.15) is 5.69 Å². The summed E-state index contributed by atoms with van der Waals surface area (Å²) >= 11 is 3.07. The van der Waals surface area contributed by atoms with Crippen molar-refractivity contribution < 1.29 is 4.79 Å². The quantitative estimate of drug-likeness (QED) is 0.653. The number of carbonyl (C=O) groups excluding carboxylic acids is 1. The van der Waals surface area contributed by atoms with Crippen molar-refractivity contribution in [2.24, 2.45) is 12.0 Å². The van der Waals surface area contributed by atoms with Crippen molar-refractivity contribution in [1.82, 2.24) is 14.9 Å². The monoisotopic (exact) mass is 319 g/mol. The maximum atomic E-state index is 12.4. The zero-order chi connectivity index (χ0) is 15.0. The van der Waals surface area contributed by atoms with Crippen LogP contribution in [0.25, 0.3) is 10.3 Å².